The Bertz CT molecular complexity index is 619. The number of rotatable bonds is 29. The quantitative estimate of drug-likeness (QED) is 0.0549. The summed E-state index contributed by atoms with van der Waals surface area (Å²) in [7, 11) is 0. The number of esters is 1. The van der Waals surface area contributed by atoms with Crippen molar-refractivity contribution in [1.82, 2.24) is 5.32 Å². The standard InChI is InChI=1S/C33H61NO5/c1-3-5-7-9-11-13-14-16-18-24-28-33(38)39-30(25-21-17-15-12-10-8-6-4-2)26-22-19-20-23-27-31(35)34-29-32(36)37/h21,25,30H,3-20,22-24,26-29H2,1-2H3,(H,34,35)(H,36,37)/b25-21-. The summed E-state index contributed by atoms with van der Waals surface area (Å²) in [5.74, 6) is -1.32. The van der Waals surface area contributed by atoms with Crippen LogP contribution < -0.4 is 5.32 Å². The van der Waals surface area contributed by atoms with Gasteiger partial charge in [0, 0.05) is 12.8 Å². The maximum atomic E-state index is 12.5. The fourth-order valence-corrected chi connectivity index (χ4v) is 4.72. The van der Waals surface area contributed by atoms with Crippen LogP contribution in [0.15, 0.2) is 12.2 Å². The number of carbonyl (C=O) groups is 3. The van der Waals surface area contributed by atoms with Crippen molar-refractivity contribution in [2.75, 3.05) is 6.54 Å². The first kappa shape index (κ1) is 37.1. The maximum absolute atomic E-state index is 12.5. The van der Waals surface area contributed by atoms with Gasteiger partial charge in [-0.25, -0.2) is 0 Å². The minimum Gasteiger partial charge on any atom is -0.480 e. The lowest BCUT2D eigenvalue weighted by molar-refractivity contribution is -0.147. The first-order chi connectivity index (χ1) is 19.0. The molecule has 0 radical (unpaired) electrons. The van der Waals surface area contributed by atoms with Crippen molar-refractivity contribution in [3.63, 3.8) is 0 Å². The SMILES string of the molecule is CCCCCCCC/C=C\C(CCCCCCC(=O)NCC(=O)O)OC(=O)CCCCCCCCCCCC. The van der Waals surface area contributed by atoms with Crippen LogP contribution in [0.3, 0.4) is 0 Å². The number of carbonyl (C=O) groups excluding carboxylic acids is 2. The lowest BCUT2D eigenvalue weighted by atomic mass is 10.1. The number of aliphatic carboxylic acids is 1. The summed E-state index contributed by atoms with van der Waals surface area (Å²) in [5.41, 5.74) is 0. The van der Waals surface area contributed by atoms with Gasteiger partial charge in [0.2, 0.25) is 5.91 Å². The molecule has 6 heteroatoms. The fourth-order valence-electron chi connectivity index (χ4n) is 4.72. The molecule has 0 bridgehead atoms. The van der Waals surface area contributed by atoms with E-state index in [1.807, 2.05) is 0 Å². The predicted octanol–water partition coefficient (Wildman–Crippen LogP) is 9.06. The largest absolute Gasteiger partial charge is 0.480 e. The van der Waals surface area contributed by atoms with Gasteiger partial charge in [0.05, 0.1) is 0 Å². The van der Waals surface area contributed by atoms with Gasteiger partial charge in [-0.2, -0.15) is 0 Å². The molecule has 0 rings (SSSR count). The molecule has 228 valence electrons. The van der Waals surface area contributed by atoms with E-state index in [0.717, 1.165) is 51.4 Å². The summed E-state index contributed by atoms with van der Waals surface area (Å²) in [6.45, 7) is 4.16. The molecule has 0 aromatic carbocycles. The number of ether oxygens (including phenoxy) is 1. The molecule has 0 aliphatic carbocycles. The van der Waals surface area contributed by atoms with Gasteiger partial charge in [-0.05, 0) is 44.6 Å². The Kier molecular flexibility index (Phi) is 27.8. The van der Waals surface area contributed by atoms with E-state index in [4.69, 9.17) is 9.84 Å². The van der Waals surface area contributed by atoms with E-state index < -0.39 is 5.97 Å². The van der Waals surface area contributed by atoms with E-state index in [-0.39, 0.29) is 24.5 Å². The monoisotopic (exact) mass is 551 g/mol. The second-order valence-electron chi connectivity index (χ2n) is 11.1. The van der Waals surface area contributed by atoms with Crippen LogP contribution in [-0.2, 0) is 19.1 Å². The van der Waals surface area contributed by atoms with Gasteiger partial charge in [-0.1, -0.05) is 123 Å². The lowest BCUT2D eigenvalue weighted by Gasteiger charge is -2.15. The smallest absolute Gasteiger partial charge is 0.322 e. The zero-order valence-electron chi connectivity index (χ0n) is 25.5. The summed E-state index contributed by atoms with van der Waals surface area (Å²) in [4.78, 5) is 34.6. The zero-order valence-corrected chi connectivity index (χ0v) is 25.5. The Balaban J connectivity index is 4.21. The molecule has 0 saturated carbocycles. The number of carboxylic acids is 1. The molecule has 1 amide bonds. The Hall–Kier alpha value is -1.85. The second kappa shape index (κ2) is 29.1. The summed E-state index contributed by atoms with van der Waals surface area (Å²) in [6, 6.07) is 0. The molecule has 0 saturated heterocycles. The molecule has 0 aromatic heterocycles. The van der Waals surface area contributed by atoms with Crippen molar-refractivity contribution < 1.29 is 24.2 Å². The molecule has 1 unspecified atom stereocenters. The molecule has 1 atom stereocenters. The third-order valence-corrected chi connectivity index (χ3v) is 7.17. The van der Waals surface area contributed by atoms with Gasteiger partial charge in [-0.15, -0.1) is 0 Å². The van der Waals surface area contributed by atoms with Gasteiger partial charge in [0.25, 0.3) is 0 Å². The average molecular weight is 552 g/mol. The molecule has 0 aliphatic rings. The van der Waals surface area contributed by atoms with E-state index in [2.05, 4.69) is 31.3 Å². The molecule has 6 nitrogen and oxygen atoms in total. The number of unbranched alkanes of at least 4 members (excludes halogenated alkanes) is 18. The zero-order chi connectivity index (χ0) is 28.8. The van der Waals surface area contributed by atoms with E-state index in [0.29, 0.717) is 12.8 Å². The van der Waals surface area contributed by atoms with Crippen LogP contribution in [-0.4, -0.2) is 35.6 Å². The lowest BCUT2D eigenvalue weighted by Crippen LogP contribution is -2.28. The molecule has 0 heterocycles. The van der Waals surface area contributed by atoms with Crippen LogP contribution in [0.2, 0.25) is 0 Å². The number of hydrogen-bond donors (Lipinski definition) is 2. The molecule has 0 aromatic rings. The molecular formula is C33H61NO5. The van der Waals surface area contributed by atoms with Gasteiger partial charge in [0.15, 0.2) is 0 Å². The Labute approximate surface area is 240 Å². The first-order valence-corrected chi connectivity index (χ1v) is 16.3. The summed E-state index contributed by atoms with van der Waals surface area (Å²) in [5, 5.41) is 11.0. The van der Waals surface area contributed by atoms with Crippen LogP contribution in [0.1, 0.15) is 168 Å². The Morgan fingerprint density at radius 3 is 1.72 bits per heavy atom. The fraction of sp³-hybridized carbons (Fsp3) is 0.848. The van der Waals surface area contributed by atoms with Crippen molar-refractivity contribution in [3.8, 4) is 0 Å². The van der Waals surface area contributed by atoms with Crippen molar-refractivity contribution in [1.29, 1.82) is 0 Å². The molecular weight excluding hydrogens is 490 g/mol. The van der Waals surface area contributed by atoms with E-state index in [1.165, 1.54) is 89.9 Å². The molecule has 39 heavy (non-hydrogen) atoms. The molecule has 2 N–H and O–H groups in total. The number of hydrogen-bond acceptors (Lipinski definition) is 4. The molecule has 0 aliphatic heterocycles. The third-order valence-electron chi connectivity index (χ3n) is 7.17. The van der Waals surface area contributed by atoms with Gasteiger partial charge in [-0.3, -0.25) is 14.4 Å². The summed E-state index contributed by atoms with van der Waals surface area (Å²) < 4.78 is 5.85. The number of carboxylic acid groups (broad SMARTS) is 1. The van der Waals surface area contributed by atoms with Crippen molar-refractivity contribution in [2.45, 2.75) is 174 Å². The van der Waals surface area contributed by atoms with E-state index >= 15 is 0 Å². The highest BCUT2D eigenvalue weighted by molar-refractivity contribution is 5.80. The van der Waals surface area contributed by atoms with Crippen LogP contribution in [0.25, 0.3) is 0 Å². The van der Waals surface area contributed by atoms with Crippen molar-refractivity contribution in [2.24, 2.45) is 0 Å². The van der Waals surface area contributed by atoms with Gasteiger partial charge in [0.1, 0.15) is 12.6 Å². The van der Waals surface area contributed by atoms with E-state index in [9.17, 15) is 14.4 Å². The average Bonchev–Trinajstić information content (AvgIpc) is 2.91. The summed E-state index contributed by atoms with van der Waals surface area (Å²) >= 11 is 0. The van der Waals surface area contributed by atoms with Crippen LogP contribution in [0.4, 0.5) is 0 Å². The Morgan fingerprint density at radius 2 is 1.15 bits per heavy atom. The topological polar surface area (TPSA) is 92.7 Å². The highest BCUT2D eigenvalue weighted by atomic mass is 16.5. The highest BCUT2D eigenvalue weighted by Gasteiger charge is 2.12. The summed E-state index contributed by atoms with van der Waals surface area (Å²) in [6.07, 6.45) is 30.5. The predicted molar refractivity (Wildman–Crippen MR) is 162 cm³/mol. The van der Waals surface area contributed by atoms with Gasteiger partial charge >= 0.3 is 11.9 Å². The van der Waals surface area contributed by atoms with Crippen LogP contribution in [0.5, 0.6) is 0 Å². The molecule has 0 fully saturated rings. The third kappa shape index (κ3) is 29.0. The van der Waals surface area contributed by atoms with Crippen molar-refractivity contribution in [3.05, 3.63) is 12.2 Å². The minimum absolute atomic E-state index is 0.0844. The van der Waals surface area contributed by atoms with Crippen LogP contribution >= 0.6 is 0 Å². The number of amides is 1. The highest BCUT2D eigenvalue weighted by Crippen LogP contribution is 2.15. The number of nitrogens with one attached hydrogen (secondary N) is 1. The minimum atomic E-state index is -1.03. The maximum Gasteiger partial charge on any atom is 0.322 e. The second-order valence-corrected chi connectivity index (χ2v) is 11.1. The van der Waals surface area contributed by atoms with Gasteiger partial charge < -0.3 is 15.2 Å². The first-order valence-electron chi connectivity index (χ1n) is 16.3. The number of allylic oxidation sites excluding steroid dienone is 1. The van der Waals surface area contributed by atoms with Crippen LogP contribution in [0, 0.1) is 0 Å². The van der Waals surface area contributed by atoms with Crippen molar-refractivity contribution >= 4 is 17.8 Å². The van der Waals surface area contributed by atoms with E-state index in [1.54, 1.807) is 0 Å². The molecule has 0 spiro atoms. The Morgan fingerprint density at radius 1 is 0.667 bits per heavy atom. The normalized spacial score (nSPS) is 12.1.